The summed E-state index contributed by atoms with van der Waals surface area (Å²) in [6.07, 6.45) is 0. The van der Waals surface area contributed by atoms with Crippen LogP contribution < -0.4 is 11.1 Å². The Morgan fingerprint density at radius 1 is 1.07 bits per heavy atom. The fraction of sp³-hybridized carbons (Fsp3) is 0.0870. The van der Waals surface area contributed by atoms with Crippen LogP contribution in [0, 0.1) is 6.92 Å². The van der Waals surface area contributed by atoms with Crippen LogP contribution in [-0.2, 0) is 0 Å². The summed E-state index contributed by atoms with van der Waals surface area (Å²) in [4.78, 5) is 30.9. The highest BCUT2D eigenvalue weighted by atomic mass is 35.5. The number of thiophene rings is 1. The molecule has 4 rings (SSSR count). The highest BCUT2D eigenvalue weighted by Crippen LogP contribution is 2.42. The molecule has 0 spiro atoms. The zero-order valence-electron chi connectivity index (χ0n) is 16.3. The highest BCUT2D eigenvalue weighted by Gasteiger charge is 2.25. The Hall–Kier alpha value is -3.22. The number of nitrogens with two attached hydrogens (primary N) is 1. The van der Waals surface area contributed by atoms with Gasteiger partial charge in [0.15, 0.2) is 5.78 Å². The van der Waals surface area contributed by atoms with Crippen LogP contribution in [0.25, 0.3) is 21.3 Å². The molecule has 0 bridgehead atoms. The summed E-state index contributed by atoms with van der Waals surface area (Å²) < 4.78 is 0. The van der Waals surface area contributed by atoms with Crippen LogP contribution in [0.3, 0.4) is 0 Å². The summed E-state index contributed by atoms with van der Waals surface area (Å²) in [7, 11) is 0. The minimum atomic E-state index is -0.314. The van der Waals surface area contributed by atoms with E-state index in [0.717, 1.165) is 5.56 Å². The van der Waals surface area contributed by atoms with Gasteiger partial charge < -0.3 is 11.1 Å². The summed E-state index contributed by atoms with van der Waals surface area (Å²) in [5, 5.41) is 4.05. The molecule has 0 unspecified atom stereocenters. The molecular formula is C23H18ClN3O2S. The monoisotopic (exact) mass is 435 g/mol. The number of hydrogen-bond donors (Lipinski definition) is 2. The second kappa shape index (κ2) is 7.89. The third-order valence-corrected chi connectivity index (χ3v) is 6.13. The van der Waals surface area contributed by atoms with E-state index in [4.69, 9.17) is 17.3 Å². The molecular weight excluding hydrogens is 418 g/mol. The largest absolute Gasteiger partial charge is 0.397 e. The van der Waals surface area contributed by atoms with Crippen molar-refractivity contribution < 1.29 is 9.59 Å². The van der Waals surface area contributed by atoms with Gasteiger partial charge in [-0.05, 0) is 43.7 Å². The first-order valence-corrected chi connectivity index (χ1v) is 10.4. The zero-order valence-corrected chi connectivity index (χ0v) is 17.9. The first-order chi connectivity index (χ1) is 14.4. The van der Waals surface area contributed by atoms with Gasteiger partial charge in [0.05, 0.1) is 11.4 Å². The Labute approximate surface area is 182 Å². The number of hydrogen-bond acceptors (Lipinski definition) is 5. The van der Waals surface area contributed by atoms with Gasteiger partial charge in [-0.1, -0.05) is 41.9 Å². The number of aryl methyl sites for hydroxylation is 1. The Bertz CT molecular complexity index is 1280. The van der Waals surface area contributed by atoms with E-state index in [0.29, 0.717) is 48.3 Å². The molecule has 1 amide bonds. The van der Waals surface area contributed by atoms with Crippen LogP contribution >= 0.6 is 22.9 Å². The van der Waals surface area contributed by atoms with Crippen LogP contribution in [0.4, 0.5) is 11.4 Å². The van der Waals surface area contributed by atoms with Crippen molar-refractivity contribution in [1.29, 1.82) is 0 Å². The maximum absolute atomic E-state index is 12.9. The summed E-state index contributed by atoms with van der Waals surface area (Å²) in [6.45, 7) is 3.29. The molecule has 0 atom stereocenters. The predicted molar refractivity (Wildman–Crippen MR) is 124 cm³/mol. The van der Waals surface area contributed by atoms with Gasteiger partial charge in [0.2, 0.25) is 0 Å². The topological polar surface area (TPSA) is 85.1 Å². The number of para-hydroxylation sites is 1. The van der Waals surface area contributed by atoms with Crippen LogP contribution in [0.2, 0.25) is 5.02 Å². The van der Waals surface area contributed by atoms with Gasteiger partial charge in [-0.2, -0.15) is 0 Å². The van der Waals surface area contributed by atoms with Crippen molar-refractivity contribution >= 4 is 56.2 Å². The Morgan fingerprint density at radius 2 is 1.73 bits per heavy atom. The summed E-state index contributed by atoms with van der Waals surface area (Å²) in [5.74, 6) is -0.432. The summed E-state index contributed by atoms with van der Waals surface area (Å²) >= 11 is 7.26. The minimum absolute atomic E-state index is 0.118. The lowest BCUT2D eigenvalue weighted by Gasteiger charge is -2.13. The number of ketones is 1. The van der Waals surface area contributed by atoms with E-state index < -0.39 is 0 Å². The SMILES string of the molecule is CC(=O)c1c(C)nc2sc(C(=O)Nc3ccccc3)c(N)c2c1-c1ccc(Cl)cc1. The van der Waals surface area contributed by atoms with Crippen LogP contribution in [0.15, 0.2) is 54.6 Å². The molecule has 30 heavy (non-hydrogen) atoms. The fourth-order valence-corrected chi connectivity index (χ4v) is 4.65. The van der Waals surface area contributed by atoms with Gasteiger partial charge in [-0.3, -0.25) is 9.59 Å². The number of benzene rings is 2. The predicted octanol–water partition coefficient (Wildman–Crippen LogP) is 5.96. The van der Waals surface area contributed by atoms with E-state index >= 15 is 0 Å². The Balaban J connectivity index is 1.94. The molecule has 0 aliphatic rings. The van der Waals surface area contributed by atoms with Crippen molar-refractivity contribution in [2.45, 2.75) is 13.8 Å². The first kappa shape index (κ1) is 20.1. The number of amides is 1. The molecule has 2 aromatic heterocycles. The maximum Gasteiger partial charge on any atom is 0.267 e. The Morgan fingerprint density at radius 3 is 2.37 bits per heavy atom. The molecule has 0 fully saturated rings. The fourth-order valence-electron chi connectivity index (χ4n) is 3.48. The first-order valence-electron chi connectivity index (χ1n) is 9.22. The molecule has 150 valence electrons. The molecule has 0 radical (unpaired) electrons. The number of anilines is 2. The second-order valence-electron chi connectivity index (χ2n) is 6.86. The minimum Gasteiger partial charge on any atom is -0.397 e. The molecule has 2 aromatic carbocycles. The normalized spacial score (nSPS) is 10.9. The lowest BCUT2D eigenvalue weighted by atomic mass is 9.93. The number of nitrogen functional groups attached to an aromatic ring is 1. The summed E-state index contributed by atoms with van der Waals surface area (Å²) in [5.41, 5.74) is 9.98. The number of Topliss-reactive ketones (excluding diaryl/α,β-unsaturated/α-hetero) is 1. The average molecular weight is 436 g/mol. The van der Waals surface area contributed by atoms with Gasteiger partial charge in [-0.15, -0.1) is 11.3 Å². The molecule has 7 heteroatoms. The quantitative estimate of drug-likeness (QED) is 0.387. The number of pyridine rings is 1. The maximum atomic E-state index is 12.9. The molecule has 0 aliphatic heterocycles. The highest BCUT2D eigenvalue weighted by molar-refractivity contribution is 7.21. The molecule has 4 aromatic rings. The molecule has 2 heterocycles. The Kier molecular flexibility index (Phi) is 5.28. The van der Waals surface area contributed by atoms with E-state index in [1.807, 2.05) is 30.3 Å². The standard InChI is InChI=1S/C23H18ClN3O2S/c1-12-17(13(2)28)18(14-8-10-15(24)11-9-14)19-20(25)21(30-23(19)26-12)22(29)27-16-6-4-3-5-7-16/h3-11H,25H2,1-2H3,(H,27,29). The number of carbonyl (C=O) groups is 2. The van der Waals surface area contributed by atoms with E-state index in [2.05, 4.69) is 10.3 Å². The number of aromatic nitrogens is 1. The smallest absolute Gasteiger partial charge is 0.267 e. The van der Waals surface area contributed by atoms with Gasteiger partial charge in [0.25, 0.3) is 5.91 Å². The lowest BCUT2D eigenvalue weighted by molar-refractivity contribution is 0.101. The number of nitrogens with zero attached hydrogens (tertiary/aromatic N) is 1. The van der Waals surface area contributed by atoms with E-state index in [1.54, 1.807) is 31.2 Å². The zero-order chi connectivity index (χ0) is 21.4. The number of fused-ring (bicyclic) bond motifs is 1. The molecule has 0 aliphatic carbocycles. The third-order valence-electron chi connectivity index (χ3n) is 4.78. The van der Waals surface area contributed by atoms with Crippen LogP contribution in [0.5, 0.6) is 0 Å². The van der Waals surface area contributed by atoms with Crippen LogP contribution in [-0.4, -0.2) is 16.7 Å². The van der Waals surface area contributed by atoms with Gasteiger partial charge in [0.1, 0.15) is 9.71 Å². The van der Waals surface area contributed by atoms with Crippen molar-refractivity contribution in [2.24, 2.45) is 0 Å². The van der Waals surface area contributed by atoms with Gasteiger partial charge >= 0.3 is 0 Å². The molecule has 5 nitrogen and oxygen atoms in total. The number of rotatable bonds is 4. The number of nitrogens with one attached hydrogen (secondary N) is 1. The van der Waals surface area contributed by atoms with Crippen molar-refractivity contribution in [3.05, 3.63) is 75.8 Å². The third kappa shape index (κ3) is 3.56. The van der Waals surface area contributed by atoms with Crippen LogP contribution in [0.1, 0.15) is 32.6 Å². The second-order valence-corrected chi connectivity index (χ2v) is 8.29. The number of halogens is 1. The molecule has 0 saturated heterocycles. The van der Waals surface area contributed by atoms with Crippen molar-refractivity contribution in [2.75, 3.05) is 11.1 Å². The van der Waals surface area contributed by atoms with Crippen molar-refractivity contribution in [3.8, 4) is 11.1 Å². The summed E-state index contributed by atoms with van der Waals surface area (Å²) in [6, 6.07) is 16.3. The van der Waals surface area contributed by atoms with E-state index in [1.165, 1.54) is 18.3 Å². The van der Waals surface area contributed by atoms with Crippen molar-refractivity contribution in [1.82, 2.24) is 4.98 Å². The molecule has 0 saturated carbocycles. The van der Waals surface area contributed by atoms with Crippen molar-refractivity contribution in [3.63, 3.8) is 0 Å². The number of carbonyl (C=O) groups excluding carboxylic acids is 2. The van der Waals surface area contributed by atoms with Gasteiger partial charge in [-0.25, -0.2) is 4.98 Å². The average Bonchev–Trinajstić information content (AvgIpc) is 3.04. The van der Waals surface area contributed by atoms with E-state index in [9.17, 15) is 9.59 Å². The van der Waals surface area contributed by atoms with E-state index in [-0.39, 0.29) is 11.7 Å². The van der Waals surface area contributed by atoms with Gasteiger partial charge in [0, 0.05) is 27.2 Å². The lowest BCUT2D eigenvalue weighted by Crippen LogP contribution is -2.11. The molecule has 3 N–H and O–H groups in total.